The summed E-state index contributed by atoms with van der Waals surface area (Å²) in [6, 6.07) is 4.04. The molecule has 0 radical (unpaired) electrons. The molecule has 1 aromatic carbocycles. The molecule has 1 aliphatic carbocycles. The van der Waals surface area contributed by atoms with Gasteiger partial charge in [0.2, 0.25) is 0 Å². The van der Waals surface area contributed by atoms with Gasteiger partial charge in [0, 0.05) is 23.9 Å². The second kappa shape index (κ2) is 4.04. The third kappa shape index (κ3) is 2.35. The molecular formula is C11H13N3O3. The first-order valence-corrected chi connectivity index (χ1v) is 5.34. The van der Waals surface area contributed by atoms with Crippen molar-refractivity contribution in [1.82, 2.24) is 5.32 Å². The molecule has 2 rings (SSSR count). The number of hydrogen-bond donors (Lipinski definition) is 2. The van der Waals surface area contributed by atoms with Gasteiger partial charge in [0.05, 0.1) is 10.5 Å². The number of nitrogens with one attached hydrogen (secondary N) is 1. The number of nitro benzene ring substituents is 1. The Kier molecular flexibility index (Phi) is 2.71. The Bertz CT molecular complexity index is 487. The number of anilines is 1. The molecule has 0 bridgehead atoms. The second-order valence-electron chi connectivity index (χ2n) is 4.32. The van der Waals surface area contributed by atoms with Crippen LogP contribution in [0.5, 0.6) is 0 Å². The molecule has 1 saturated carbocycles. The largest absolute Gasteiger partial charge is 0.398 e. The Morgan fingerprint density at radius 1 is 1.59 bits per heavy atom. The third-order valence-electron chi connectivity index (χ3n) is 2.92. The van der Waals surface area contributed by atoms with Crippen LogP contribution in [-0.4, -0.2) is 16.9 Å². The number of nitrogen functional groups attached to an aromatic ring is 1. The fraction of sp³-hybridized carbons (Fsp3) is 0.364. The highest BCUT2D eigenvalue weighted by molar-refractivity contribution is 6.00. The lowest BCUT2D eigenvalue weighted by Gasteiger charge is -2.06. The summed E-state index contributed by atoms with van der Waals surface area (Å²) in [6.07, 6.45) is 0.945. The SMILES string of the molecule is CC1CC1NC(=O)c1cc([N+](=O)[O-])ccc1N. The minimum absolute atomic E-state index is 0.131. The van der Waals surface area contributed by atoms with Gasteiger partial charge >= 0.3 is 0 Å². The highest BCUT2D eigenvalue weighted by atomic mass is 16.6. The Hall–Kier alpha value is -2.11. The van der Waals surface area contributed by atoms with Crippen LogP contribution < -0.4 is 11.1 Å². The van der Waals surface area contributed by atoms with Crippen molar-refractivity contribution in [2.75, 3.05) is 5.73 Å². The number of nitrogens with zero attached hydrogens (tertiary/aromatic N) is 1. The predicted octanol–water partition coefficient (Wildman–Crippen LogP) is 1.32. The van der Waals surface area contributed by atoms with E-state index in [4.69, 9.17) is 5.73 Å². The van der Waals surface area contributed by atoms with E-state index in [0.29, 0.717) is 5.92 Å². The zero-order valence-electron chi connectivity index (χ0n) is 9.34. The van der Waals surface area contributed by atoms with Crippen LogP contribution in [0.1, 0.15) is 23.7 Å². The minimum atomic E-state index is -0.546. The van der Waals surface area contributed by atoms with Crippen LogP contribution in [0.15, 0.2) is 18.2 Å². The maximum absolute atomic E-state index is 11.8. The predicted molar refractivity (Wildman–Crippen MR) is 62.5 cm³/mol. The Balaban J connectivity index is 2.21. The van der Waals surface area contributed by atoms with E-state index in [1.54, 1.807) is 0 Å². The van der Waals surface area contributed by atoms with Crippen molar-refractivity contribution < 1.29 is 9.72 Å². The molecule has 2 atom stereocenters. The van der Waals surface area contributed by atoms with Crippen LogP contribution in [0.4, 0.5) is 11.4 Å². The average molecular weight is 235 g/mol. The number of benzene rings is 1. The molecular weight excluding hydrogens is 222 g/mol. The van der Waals surface area contributed by atoms with Crippen molar-refractivity contribution in [2.45, 2.75) is 19.4 Å². The van der Waals surface area contributed by atoms with Gasteiger partial charge in [0.15, 0.2) is 0 Å². The molecule has 3 N–H and O–H groups in total. The van der Waals surface area contributed by atoms with Crippen molar-refractivity contribution in [2.24, 2.45) is 5.92 Å². The highest BCUT2D eigenvalue weighted by Gasteiger charge is 2.34. The molecule has 1 aromatic rings. The summed E-state index contributed by atoms with van der Waals surface area (Å²) in [5.74, 6) is 0.124. The molecule has 1 fully saturated rings. The molecule has 2 unspecified atom stereocenters. The molecule has 1 aliphatic rings. The summed E-state index contributed by atoms with van der Waals surface area (Å²) in [5, 5.41) is 13.4. The number of hydrogen-bond acceptors (Lipinski definition) is 4. The normalized spacial score (nSPS) is 21.9. The second-order valence-corrected chi connectivity index (χ2v) is 4.32. The Labute approximate surface area is 98.0 Å². The van der Waals surface area contributed by atoms with E-state index in [1.807, 2.05) is 6.92 Å². The van der Waals surface area contributed by atoms with Gasteiger partial charge < -0.3 is 11.1 Å². The summed E-state index contributed by atoms with van der Waals surface area (Å²) in [5.41, 5.74) is 5.92. The first-order chi connectivity index (χ1) is 7.99. The number of carbonyl (C=O) groups is 1. The Morgan fingerprint density at radius 3 is 2.76 bits per heavy atom. The molecule has 17 heavy (non-hydrogen) atoms. The fourth-order valence-electron chi connectivity index (χ4n) is 1.62. The standard InChI is InChI=1S/C11H13N3O3/c1-6-4-10(6)13-11(15)8-5-7(14(16)17)2-3-9(8)12/h2-3,5-6,10H,4,12H2,1H3,(H,13,15). The quantitative estimate of drug-likeness (QED) is 0.469. The van der Waals surface area contributed by atoms with Gasteiger partial charge in [0.1, 0.15) is 0 Å². The molecule has 6 nitrogen and oxygen atoms in total. The fourth-order valence-corrected chi connectivity index (χ4v) is 1.62. The number of rotatable bonds is 3. The molecule has 0 heterocycles. The first kappa shape index (κ1) is 11.4. The number of non-ortho nitro benzene ring substituents is 1. The van der Waals surface area contributed by atoms with Crippen molar-refractivity contribution in [3.05, 3.63) is 33.9 Å². The van der Waals surface area contributed by atoms with E-state index in [0.717, 1.165) is 6.42 Å². The summed E-state index contributed by atoms with van der Waals surface area (Å²) in [6.45, 7) is 2.03. The van der Waals surface area contributed by atoms with Gasteiger partial charge in [-0.2, -0.15) is 0 Å². The zero-order chi connectivity index (χ0) is 12.6. The summed E-state index contributed by atoms with van der Waals surface area (Å²) in [4.78, 5) is 21.9. The monoisotopic (exact) mass is 235 g/mol. The molecule has 1 amide bonds. The van der Waals surface area contributed by atoms with Crippen LogP contribution in [0, 0.1) is 16.0 Å². The van der Waals surface area contributed by atoms with E-state index in [1.165, 1.54) is 18.2 Å². The number of amides is 1. The van der Waals surface area contributed by atoms with Gasteiger partial charge in [-0.1, -0.05) is 6.92 Å². The minimum Gasteiger partial charge on any atom is -0.398 e. The molecule has 0 aromatic heterocycles. The van der Waals surface area contributed by atoms with Crippen LogP contribution >= 0.6 is 0 Å². The van der Waals surface area contributed by atoms with Gasteiger partial charge in [0.25, 0.3) is 11.6 Å². The van der Waals surface area contributed by atoms with Crippen LogP contribution in [-0.2, 0) is 0 Å². The van der Waals surface area contributed by atoms with Gasteiger partial charge in [-0.3, -0.25) is 14.9 Å². The molecule has 0 aliphatic heterocycles. The average Bonchev–Trinajstić information content (AvgIpc) is 2.94. The lowest BCUT2D eigenvalue weighted by Crippen LogP contribution is -2.27. The van der Waals surface area contributed by atoms with Gasteiger partial charge in [-0.05, 0) is 18.4 Å². The van der Waals surface area contributed by atoms with E-state index in [2.05, 4.69) is 5.32 Å². The number of nitro groups is 1. The topological polar surface area (TPSA) is 98.3 Å². The van der Waals surface area contributed by atoms with Crippen molar-refractivity contribution >= 4 is 17.3 Å². The zero-order valence-corrected chi connectivity index (χ0v) is 9.34. The summed E-state index contributed by atoms with van der Waals surface area (Å²) >= 11 is 0. The molecule has 0 spiro atoms. The lowest BCUT2D eigenvalue weighted by molar-refractivity contribution is -0.384. The number of carbonyl (C=O) groups excluding carboxylic acids is 1. The van der Waals surface area contributed by atoms with E-state index < -0.39 is 4.92 Å². The summed E-state index contributed by atoms with van der Waals surface area (Å²) < 4.78 is 0. The lowest BCUT2D eigenvalue weighted by atomic mass is 10.1. The first-order valence-electron chi connectivity index (χ1n) is 5.34. The van der Waals surface area contributed by atoms with E-state index in [9.17, 15) is 14.9 Å². The van der Waals surface area contributed by atoms with Crippen LogP contribution in [0.2, 0.25) is 0 Å². The van der Waals surface area contributed by atoms with Gasteiger partial charge in [-0.15, -0.1) is 0 Å². The molecule has 6 heteroatoms. The molecule has 0 saturated heterocycles. The Morgan fingerprint density at radius 2 is 2.24 bits per heavy atom. The number of nitrogens with two attached hydrogens (primary N) is 1. The van der Waals surface area contributed by atoms with Crippen molar-refractivity contribution in [3.63, 3.8) is 0 Å². The van der Waals surface area contributed by atoms with Gasteiger partial charge in [-0.25, -0.2) is 0 Å². The van der Waals surface area contributed by atoms with E-state index in [-0.39, 0.29) is 28.9 Å². The van der Waals surface area contributed by atoms with Crippen molar-refractivity contribution in [1.29, 1.82) is 0 Å². The maximum Gasteiger partial charge on any atom is 0.270 e. The highest BCUT2D eigenvalue weighted by Crippen LogP contribution is 2.30. The maximum atomic E-state index is 11.8. The van der Waals surface area contributed by atoms with Crippen molar-refractivity contribution in [3.8, 4) is 0 Å². The van der Waals surface area contributed by atoms with E-state index >= 15 is 0 Å². The molecule has 90 valence electrons. The van der Waals surface area contributed by atoms with Crippen LogP contribution in [0.3, 0.4) is 0 Å². The van der Waals surface area contributed by atoms with Crippen LogP contribution in [0.25, 0.3) is 0 Å². The smallest absolute Gasteiger partial charge is 0.270 e. The third-order valence-corrected chi connectivity index (χ3v) is 2.92. The summed E-state index contributed by atoms with van der Waals surface area (Å²) in [7, 11) is 0.